The standard InChI is InChI=1S/C11H12N4O2/c12-8(11(13)17)6-15-9-4-2-1-3-7(9)10(16)5-14-15/h1-5,8H,6,12H2,(H2,13,17). The summed E-state index contributed by atoms with van der Waals surface area (Å²) in [4.78, 5) is 22.5. The summed E-state index contributed by atoms with van der Waals surface area (Å²) < 4.78 is 1.51. The van der Waals surface area contributed by atoms with Crippen LogP contribution in [0.4, 0.5) is 0 Å². The topological polar surface area (TPSA) is 104 Å². The Hall–Kier alpha value is -2.21. The third-order valence-electron chi connectivity index (χ3n) is 2.50. The molecule has 6 nitrogen and oxygen atoms in total. The number of fused-ring (bicyclic) bond motifs is 1. The smallest absolute Gasteiger partial charge is 0.236 e. The molecular weight excluding hydrogens is 220 g/mol. The molecule has 0 bridgehead atoms. The first-order valence-corrected chi connectivity index (χ1v) is 5.09. The lowest BCUT2D eigenvalue weighted by Gasteiger charge is -2.12. The maximum Gasteiger partial charge on any atom is 0.236 e. The van der Waals surface area contributed by atoms with Gasteiger partial charge in [-0.1, -0.05) is 12.1 Å². The van der Waals surface area contributed by atoms with E-state index in [1.54, 1.807) is 24.3 Å². The van der Waals surface area contributed by atoms with Crippen LogP contribution in [0.3, 0.4) is 0 Å². The Morgan fingerprint density at radius 2 is 2.12 bits per heavy atom. The average molecular weight is 232 g/mol. The third-order valence-corrected chi connectivity index (χ3v) is 2.50. The van der Waals surface area contributed by atoms with Gasteiger partial charge in [0, 0.05) is 5.39 Å². The molecule has 1 atom stereocenters. The quantitative estimate of drug-likeness (QED) is 0.723. The normalized spacial score (nSPS) is 12.5. The zero-order chi connectivity index (χ0) is 12.4. The van der Waals surface area contributed by atoms with Crippen LogP contribution in [0.1, 0.15) is 0 Å². The molecule has 2 aromatic rings. The van der Waals surface area contributed by atoms with Crippen molar-refractivity contribution in [3.63, 3.8) is 0 Å². The summed E-state index contributed by atoms with van der Waals surface area (Å²) in [5.74, 6) is -0.602. The van der Waals surface area contributed by atoms with Gasteiger partial charge in [0.05, 0.1) is 18.3 Å². The van der Waals surface area contributed by atoms with Crippen molar-refractivity contribution in [2.24, 2.45) is 11.5 Å². The second-order valence-corrected chi connectivity index (χ2v) is 3.72. The molecule has 0 saturated heterocycles. The summed E-state index contributed by atoms with van der Waals surface area (Å²) in [6, 6.07) is 6.18. The Bertz CT molecular complexity index is 620. The molecular formula is C11H12N4O2. The van der Waals surface area contributed by atoms with E-state index in [0.717, 1.165) is 0 Å². The molecule has 0 radical (unpaired) electrons. The molecule has 6 heteroatoms. The fourth-order valence-corrected chi connectivity index (χ4v) is 1.58. The number of nitrogens with zero attached hydrogens (tertiary/aromatic N) is 2. The number of hydrogen-bond acceptors (Lipinski definition) is 4. The highest BCUT2D eigenvalue weighted by Gasteiger charge is 2.12. The monoisotopic (exact) mass is 232 g/mol. The van der Waals surface area contributed by atoms with Gasteiger partial charge in [-0.2, -0.15) is 5.10 Å². The Labute approximate surface area is 96.8 Å². The van der Waals surface area contributed by atoms with Gasteiger partial charge in [0.1, 0.15) is 6.04 Å². The van der Waals surface area contributed by atoms with Crippen LogP contribution in [0.5, 0.6) is 0 Å². The molecule has 1 aromatic heterocycles. The van der Waals surface area contributed by atoms with Crippen molar-refractivity contribution in [2.75, 3.05) is 0 Å². The molecule has 4 N–H and O–H groups in total. The summed E-state index contributed by atoms with van der Waals surface area (Å²) in [6.07, 6.45) is 1.20. The van der Waals surface area contributed by atoms with Gasteiger partial charge in [-0.3, -0.25) is 14.3 Å². The maximum absolute atomic E-state index is 11.6. The van der Waals surface area contributed by atoms with Crippen LogP contribution in [0.2, 0.25) is 0 Å². The number of para-hydroxylation sites is 1. The first-order valence-electron chi connectivity index (χ1n) is 5.09. The van der Waals surface area contributed by atoms with E-state index in [1.807, 2.05) is 0 Å². The fourth-order valence-electron chi connectivity index (χ4n) is 1.58. The van der Waals surface area contributed by atoms with E-state index in [4.69, 9.17) is 11.5 Å². The van der Waals surface area contributed by atoms with E-state index in [0.29, 0.717) is 10.9 Å². The summed E-state index contributed by atoms with van der Waals surface area (Å²) in [6.45, 7) is 0.149. The lowest BCUT2D eigenvalue weighted by atomic mass is 10.2. The van der Waals surface area contributed by atoms with Crippen molar-refractivity contribution in [1.82, 2.24) is 9.78 Å². The van der Waals surface area contributed by atoms with Gasteiger partial charge in [-0.25, -0.2) is 0 Å². The second kappa shape index (κ2) is 4.34. The average Bonchev–Trinajstić information content (AvgIpc) is 2.33. The highest BCUT2D eigenvalue weighted by molar-refractivity contribution is 5.80. The summed E-state index contributed by atoms with van der Waals surface area (Å²) in [5, 5.41) is 4.49. The van der Waals surface area contributed by atoms with Crippen molar-refractivity contribution < 1.29 is 4.79 Å². The van der Waals surface area contributed by atoms with Gasteiger partial charge < -0.3 is 11.5 Å². The van der Waals surface area contributed by atoms with Gasteiger partial charge in [-0.05, 0) is 12.1 Å². The third kappa shape index (κ3) is 2.16. The van der Waals surface area contributed by atoms with Crippen molar-refractivity contribution >= 4 is 16.8 Å². The van der Waals surface area contributed by atoms with Gasteiger partial charge in [0.2, 0.25) is 11.3 Å². The van der Waals surface area contributed by atoms with Crippen LogP contribution < -0.4 is 16.9 Å². The van der Waals surface area contributed by atoms with Crippen LogP contribution in [-0.4, -0.2) is 21.7 Å². The molecule has 1 heterocycles. The number of primary amides is 1. The Morgan fingerprint density at radius 1 is 1.41 bits per heavy atom. The SMILES string of the molecule is NC(=O)C(N)Cn1ncc(=O)c2ccccc21. The van der Waals surface area contributed by atoms with Gasteiger partial charge in [-0.15, -0.1) is 0 Å². The molecule has 0 aliphatic carbocycles. The van der Waals surface area contributed by atoms with E-state index in [-0.39, 0.29) is 12.0 Å². The lowest BCUT2D eigenvalue weighted by molar-refractivity contribution is -0.119. The molecule has 17 heavy (non-hydrogen) atoms. The molecule has 0 aliphatic heterocycles. The summed E-state index contributed by atoms with van der Waals surface area (Å²) in [5.41, 5.74) is 11.1. The van der Waals surface area contributed by atoms with E-state index >= 15 is 0 Å². The Kier molecular flexibility index (Phi) is 2.88. The van der Waals surface area contributed by atoms with Crippen LogP contribution >= 0.6 is 0 Å². The van der Waals surface area contributed by atoms with E-state index in [9.17, 15) is 9.59 Å². The summed E-state index contributed by atoms with van der Waals surface area (Å²) in [7, 11) is 0. The molecule has 0 saturated carbocycles. The minimum absolute atomic E-state index is 0.149. The zero-order valence-electron chi connectivity index (χ0n) is 9.04. The Balaban J connectivity index is 2.52. The second-order valence-electron chi connectivity index (χ2n) is 3.72. The number of carbonyl (C=O) groups is 1. The predicted octanol–water partition coefficient (Wildman–Crippen LogP) is -0.791. The molecule has 88 valence electrons. The Morgan fingerprint density at radius 3 is 2.82 bits per heavy atom. The molecule has 1 unspecified atom stereocenters. The van der Waals surface area contributed by atoms with E-state index in [2.05, 4.69) is 5.10 Å². The van der Waals surface area contributed by atoms with Crippen molar-refractivity contribution in [3.8, 4) is 0 Å². The van der Waals surface area contributed by atoms with Gasteiger partial charge in [0.15, 0.2) is 0 Å². The molecule has 0 spiro atoms. The highest BCUT2D eigenvalue weighted by Crippen LogP contribution is 2.07. The largest absolute Gasteiger partial charge is 0.368 e. The number of carbonyl (C=O) groups excluding carboxylic acids is 1. The fraction of sp³-hybridized carbons (Fsp3) is 0.182. The zero-order valence-corrected chi connectivity index (χ0v) is 9.04. The van der Waals surface area contributed by atoms with Gasteiger partial charge in [0.25, 0.3) is 0 Å². The van der Waals surface area contributed by atoms with E-state index in [1.165, 1.54) is 10.9 Å². The number of amides is 1. The number of nitrogens with two attached hydrogens (primary N) is 2. The molecule has 0 aliphatic rings. The number of benzene rings is 1. The van der Waals surface area contributed by atoms with Crippen molar-refractivity contribution in [1.29, 1.82) is 0 Å². The number of rotatable bonds is 3. The van der Waals surface area contributed by atoms with Crippen LogP contribution in [0, 0.1) is 0 Å². The molecule has 0 fully saturated rings. The van der Waals surface area contributed by atoms with E-state index < -0.39 is 11.9 Å². The first-order chi connectivity index (χ1) is 8.09. The van der Waals surface area contributed by atoms with Crippen molar-refractivity contribution in [3.05, 3.63) is 40.7 Å². The predicted molar refractivity (Wildman–Crippen MR) is 63.2 cm³/mol. The highest BCUT2D eigenvalue weighted by atomic mass is 16.1. The number of hydrogen-bond donors (Lipinski definition) is 2. The minimum Gasteiger partial charge on any atom is -0.368 e. The van der Waals surface area contributed by atoms with Crippen LogP contribution in [0.25, 0.3) is 10.9 Å². The van der Waals surface area contributed by atoms with Gasteiger partial charge >= 0.3 is 0 Å². The first kappa shape index (κ1) is 11.3. The number of aromatic nitrogens is 2. The molecule has 1 aromatic carbocycles. The lowest BCUT2D eigenvalue weighted by Crippen LogP contribution is -2.40. The molecule has 2 rings (SSSR count). The minimum atomic E-state index is -0.826. The maximum atomic E-state index is 11.6. The van der Waals surface area contributed by atoms with Crippen LogP contribution in [0.15, 0.2) is 35.3 Å². The van der Waals surface area contributed by atoms with Crippen molar-refractivity contribution in [2.45, 2.75) is 12.6 Å². The molecule has 1 amide bonds. The van der Waals surface area contributed by atoms with Crippen LogP contribution in [-0.2, 0) is 11.3 Å². The summed E-state index contributed by atoms with van der Waals surface area (Å²) >= 11 is 0.